The van der Waals surface area contributed by atoms with E-state index in [4.69, 9.17) is 0 Å². The first-order valence-corrected chi connectivity index (χ1v) is 9.23. The van der Waals surface area contributed by atoms with Gasteiger partial charge in [0.05, 0.1) is 11.3 Å². The molecule has 0 aliphatic heterocycles. The van der Waals surface area contributed by atoms with Gasteiger partial charge in [0.25, 0.3) is 5.91 Å². The molecule has 0 bridgehead atoms. The molecule has 1 heterocycles. The number of nitrogens with zero attached hydrogens (tertiary/aromatic N) is 1. The van der Waals surface area contributed by atoms with Crippen molar-refractivity contribution in [2.75, 3.05) is 10.6 Å². The average molecular weight is 432 g/mol. The molecule has 0 saturated carbocycles. The van der Waals surface area contributed by atoms with Crippen LogP contribution in [0.4, 0.5) is 10.8 Å². The summed E-state index contributed by atoms with van der Waals surface area (Å²) < 4.78 is 0.686. The third kappa shape index (κ3) is 4.27. The Hall–Kier alpha value is -2.71. The second-order valence-electron chi connectivity index (χ2n) is 5.41. The molecule has 0 spiro atoms. The number of thiazole rings is 1. The molecule has 3 aromatic rings. The van der Waals surface area contributed by atoms with Gasteiger partial charge in [-0.25, -0.2) is 4.98 Å². The molecule has 0 fully saturated rings. The van der Waals surface area contributed by atoms with E-state index in [1.165, 1.54) is 30.4 Å². The summed E-state index contributed by atoms with van der Waals surface area (Å²) >= 11 is 4.52. The maximum atomic E-state index is 12.3. The largest absolute Gasteiger partial charge is 0.507 e. The Balaban J connectivity index is 1.73. The number of carbonyl (C=O) groups excluding carboxylic acids is 2. The molecule has 3 N–H and O–H groups in total. The lowest BCUT2D eigenvalue weighted by Crippen LogP contribution is -2.11. The molecule has 0 atom stereocenters. The van der Waals surface area contributed by atoms with Gasteiger partial charge in [-0.3, -0.25) is 14.9 Å². The van der Waals surface area contributed by atoms with Crippen molar-refractivity contribution in [2.45, 2.75) is 6.92 Å². The van der Waals surface area contributed by atoms with Crippen LogP contribution in [0.5, 0.6) is 5.75 Å². The summed E-state index contributed by atoms with van der Waals surface area (Å²) in [4.78, 5) is 27.7. The molecular formula is C18H14BrN3O3S. The Morgan fingerprint density at radius 1 is 1.12 bits per heavy atom. The van der Waals surface area contributed by atoms with E-state index in [1.807, 2.05) is 17.5 Å². The first-order chi connectivity index (χ1) is 12.4. The summed E-state index contributed by atoms with van der Waals surface area (Å²) in [7, 11) is 0. The number of halogens is 1. The minimum absolute atomic E-state index is 0.109. The molecule has 26 heavy (non-hydrogen) atoms. The fourth-order valence-corrected chi connectivity index (χ4v) is 3.32. The number of phenols is 1. The molecule has 0 saturated heterocycles. The number of aromatic hydroxyl groups is 1. The first-order valence-electron chi connectivity index (χ1n) is 7.56. The Morgan fingerprint density at radius 3 is 2.50 bits per heavy atom. The second-order valence-corrected chi connectivity index (χ2v) is 7.19. The fourth-order valence-electron chi connectivity index (χ4n) is 2.25. The van der Waals surface area contributed by atoms with Gasteiger partial charge in [0.2, 0.25) is 5.91 Å². The summed E-state index contributed by atoms with van der Waals surface area (Å²) in [5, 5.41) is 17.5. The zero-order valence-electron chi connectivity index (χ0n) is 13.6. The molecule has 2 aromatic carbocycles. The molecule has 0 aliphatic rings. The maximum absolute atomic E-state index is 12.3. The van der Waals surface area contributed by atoms with Crippen molar-refractivity contribution in [2.24, 2.45) is 0 Å². The van der Waals surface area contributed by atoms with Crippen LogP contribution in [0, 0.1) is 0 Å². The van der Waals surface area contributed by atoms with Gasteiger partial charge in [0.1, 0.15) is 5.75 Å². The van der Waals surface area contributed by atoms with Crippen LogP contribution in [0.3, 0.4) is 0 Å². The lowest BCUT2D eigenvalue weighted by Gasteiger charge is -2.05. The van der Waals surface area contributed by atoms with Crippen molar-refractivity contribution >= 4 is 49.9 Å². The van der Waals surface area contributed by atoms with Crippen LogP contribution in [-0.2, 0) is 4.79 Å². The van der Waals surface area contributed by atoms with E-state index in [-0.39, 0.29) is 17.2 Å². The summed E-state index contributed by atoms with van der Waals surface area (Å²) in [6.07, 6.45) is 0. The van der Waals surface area contributed by atoms with Crippen molar-refractivity contribution in [3.05, 3.63) is 57.9 Å². The molecule has 2 amide bonds. The monoisotopic (exact) mass is 431 g/mol. The van der Waals surface area contributed by atoms with Crippen LogP contribution >= 0.6 is 27.3 Å². The summed E-state index contributed by atoms with van der Waals surface area (Å²) in [5.74, 6) is -0.674. The van der Waals surface area contributed by atoms with Crippen LogP contribution in [0.1, 0.15) is 17.3 Å². The standard InChI is InChI=1S/C18H14BrN3O3S/c1-10(23)20-13-5-2-11(3-6-13)15-9-26-18(21-15)22-17(25)14-7-4-12(19)8-16(14)24/h2-9,24H,1H3,(H,20,23)(H,21,22,25). The minimum Gasteiger partial charge on any atom is -0.507 e. The minimum atomic E-state index is -0.433. The highest BCUT2D eigenvalue weighted by Crippen LogP contribution is 2.28. The van der Waals surface area contributed by atoms with Gasteiger partial charge in [-0.05, 0) is 30.3 Å². The van der Waals surface area contributed by atoms with E-state index in [1.54, 1.807) is 18.2 Å². The Labute approximate surface area is 162 Å². The lowest BCUT2D eigenvalue weighted by molar-refractivity contribution is -0.114. The summed E-state index contributed by atoms with van der Waals surface area (Å²) in [6.45, 7) is 1.45. The predicted molar refractivity (Wildman–Crippen MR) is 106 cm³/mol. The number of aromatic nitrogens is 1. The molecule has 1 aromatic heterocycles. The van der Waals surface area contributed by atoms with Crippen molar-refractivity contribution in [3.63, 3.8) is 0 Å². The Kier molecular flexibility index (Phi) is 5.34. The van der Waals surface area contributed by atoms with Gasteiger partial charge < -0.3 is 10.4 Å². The second kappa shape index (κ2) is 7.67. The van der Waals surface area contributed by atoms with E-state index >= 15 is 0 Å². The van der Waals surface area contributed by atoms with Crippen molar-refractivity contribution in [1.29, 1.82) is 0 Å². The van der Waals surface area contributed by atoms with Gasteiger partial charge in [-0.2, -0.15) is 0 Å². The van der Waals surface area contributed by atoms with Crippen LogP contribution < -0.4 is 10.6 Å². The maximum Gasteiger partial charge on any atom is 0.261 e. The van der Waals surface area contributed by atoms with Gasteiger partial charge in [0.15, 0.2) is 5.13 Å². The van der Waals surface area contributed by atoms with Crippen LogP contribution in [0.2, 0.25) is 0 Å². The van der Waals surface area contributed by atoms with E-state index in [2.05, 4.69) is 31.5 Å². The van der Waals surface area contributed by atoms with E-state index in [0.717, 1.165) is 5.56 Å². The molecule has 0 radical (unpaired) electrons. The molecule has 132 valence electrons. The highest BCUT2D eigenvalue weighted by molar-refractivity contribution is 9.10. The third-order valence-electron chi connectivity index (χ3n) is 3.43. The number of hydrogen-bond acceptors (Lipinski definition) is 5. The van der Waals surface area contributed by atoms with Gasteiger partial charge in [-0.1, -0.05) is 28.1 Å². The SMILES string of the molecule is CC(=O)Nc1ccc(-c2csc(NC(=O)c3ccc(Br)cc3O)n2)cc1. The number of amides is 2. The van der Waals surface area contributed by atoms with E-state index < -0.39 is 5.91 Å². The molecule has 6 nitrogen and oxygen atoms in total. The normalized spacial score (nSPS) is 10.4. The number of hydrogen-bond donors (Lipinski definition) is 3. The van der Waals surface area contributed by atoms with Crippen LogP contribution in [0.15, 0.2) is 52.3 Å². The molecule has 8 heteroatoms. The third-order valence-corrected chi connectivity index (χ3v) is 4.68. The van der Waals surface area contributed by atoms with Crippen LogP contribution in [0.25, 0.3) is 11.3 Å². The van der Waals surface area contributed by atoms with E-state index in [9.17, 15) is 14.7 Å². The zero-order chi connectivity index (χ0) is 18.7. The first kappa shape index (κ1) is 18.1. The molecule has 0 unspecified atom stereocenters. The average Bonchev–Trinajstić information content (AvgIpc) is 3.03. The highest BCUT2D eigenvalue weighted by Gasteiger charge is 2.14. The number of rotatable bonds is 4. The van der Waals surface area contributed by atoms with Gasteiger partial charge in [-0.15, -0.1) is 11.3 Å². The van der Waals surface area contributed by atoms with Gasteiger partial charge >= 0.3 is 0 Å². The molecule has 0 aliphatic carbocycles. The smallest absolute Gasteiger partial charge is 0.261 e. The van der Waals surface area contributed by atoms with Crippen LogP contribution in [-0.4, -0.2) is 21.9 Å². The zero-order valence-corrected chi connectivity index (χ0v) is 16.0. The van der Waals surface area contributed by atoms with Crippen molar-refractivity contribution < 1.29 is 14.7 Å². The summed E-state index contributed by atoms with van der Waals surface area (Å²) in [5.41, 5.74) is 2.45. The number of benzene rings is 2. The quantitative estimate of drug-likeness (QED) is 0.567. The topological polar surface area (TPSA) is 91.3 Å². The summed E-state index contributed by atoms with van der Waals surface area (Å²) in [6, 6.07) is 11.9. The van der Waals surface area contributed by atoms with Crippen molar-refractivity contribution in [3.8, 4) is 17.0 Å². The number of carbonyl (C=O) groups is 2. The number of nitrogens with one attached hydrogen (secondary N) is 2. The van der Waals surface area contributed by atoms with E-state index in [0.29, 0.717) is 21.0 Å². The molecular weight excluding hydrogens is 418 g/mol. The lowest BCUT2D eigenvalue weighted by atomic mass is 10.1. The molecule has 3 rings (SSSR count). The van der Waals surface area contributed by atoms with Crippen molar-refractivity contribution in [1.82, 2.24) is 4.98 Å². The Morgan fingerprint density at radius 2 is 1.85 bits per heavy atom. The predicted octanol–water partition coefficient (Wildman–Crippen LogP) is 4.49. The fraction of sp³-hybridized carbons (Fsp3) is 0.0556. The highest BCUT2D eigenvalue weighted by atomic mass is 79.9. The Bertz CT molecular complexity index is 970. The van der Waals surface area contributed by atoms with Gasteiger partial charge in [0, 0.05) is 28.0 Å². The number of phenolic OH excluding ortho intramolecular Hbond substituents is 1. The number of anilines is 2.